The topological polar surface area (TPSA) is 51.6 Å². The molecule has 0 radical (unpaired) electrons. The predicted molar refractivity (Wildman–Crippen MR) is 101 cm³/mol. The van der Waals surface area contributed by atoms with Crippen molar-refractivity contribution in [3.8, 4) is 11.5 Å². The smallest absolute Gasteiger partial charge is 0.122 e. The minimum Gasteiger partial charge on any atom is -0.497 e. The molecule has 0 amide bonds. The molecule has 0 unspecified atom stereocenters. The second-order valence-corrected chi connectivity index (χ2v) is 7.21. The number of hydrogen-bond donors (Lipinski definition) is 1. The number of likely N-dealkylation sites (tertiary alicyclic amines) is 1. The van der Waals surface area contributed by atoms with Gasteiger partial charge in [-0.3, -0.25) is 9.58 Å². The number of hydrogen-bond acceptors (Lipinski definition) is 5. The first kappa shape index (κ1) is 17.4. The van der Waals surface area contributed by atoms with Gasteiger partial charge in [-0.05, 0) is 50.2 Å². The minimum absolute atomic E-state index is 0.474. The van der Waals surface area contributed by atoms with Gasteiger partial charge in [-0.25, -0.2) is 0 Å². The highest BCUT2D eigenvalue weighted by atomic mass is 16.5. The fraction of sp³-hybridized carbons (Fsp3) is 0.550. The molecule has 0 bridgehead atoms. The molecule has 0 saturated carbocycles. The molecule has 3 heterocycles. The van der Waals surface area contributed by atoms with Crippen LogP contribution in [-0.2, 0) is 19.6 Å². The molecule has 4 rings (SSSR count). The normalized spacial score (nSPS) is 20.6. The highest BCUT2D eigenvalue weighted by Crippen LogP contribution is 2.36. The van der Waals surface area contributed by atoms with Crippen LogP contribution in [0.25, 0.3) is 0 Å². The van der Waals surface area contributed by atoms with Crippen LogP contribution in [0, 0.1) is 0 Å². The summed E-state index contributed by atoms with van der Waals surface area (Å²) >= 11 is 0. The average molecular weight is 356 g/mol. The highest BCUT2D eigenvalue weighted by molar-refractivity contribution is 5.43. The zero-order valence-corrected chi connectivity index (χ0v) is 15.7. The maximum Gasteiger partial charge on any atom is 0.122 e. The van der Waals surface area contributed by atoms with E-state index in [4.69, 9.17) is 14.6 Å². The molecular formula is C20H28N4O2. The van der Waals surface area contributed by atoms with Crippen molar-refractivity contribution in [3.63, 3.8) is 0 Å². The maximum atomic E-state index is 5.58. The number of ether oxygens (including phenoxy) is 2. The second kappa shape index (κ2) is 7.68. The van der Waals surface area contributed by atoms with Gasteiger partial charge in [-0.15, -0.1) is 0 Å². The Hall–Kier alpha value is -2.05. The van der Waals surface area contributed by atoms with Gasteiger partial charge in [0, 0.05) is 37.7 Å². The largest absolute Gasteiger partial charge is 0.497 e. The summed E-state index contributed by atoms with van der Waals surface area (Å²) in [5.74, 6) is 2.32. The molecule has 1 aromatic carbocycles. The van der Waals surface area contributed by atoms with E-state index in [2.05, 4.69) is 27.0 Å². The van der Waals surface area contributed by atoms with E-state index in [-0.39, 0.29) is 0 Å². The number of methoxy groups -OCH3 is 2. The van der Waals surface area contributed by atoms with Crippen molar-refractivity contribution >= 4 is 0 Å². The SMILES string of the molecule is COc1ccc(OC)c([C@@H]2CCN(Cc3cc4n(n3)CCCNC4)C2)c1. The number of aryl methyl sites for hydroxylation is 1. The minimum atomic E-state index is 0.474. The lowest BCUT2D eigenvalue weighted by atomic mass is 9.97. The first-order valence-corrected chi connectivity index (χ1v) is 9.47. The van der Waals surface area contributed by atoms with Crippen LogP contribution in [0.5, 0.6) is 11.5 Å². The summed E-state index contributed by atoms with van der Waals surface area (Å²) in [4.78, 5) is 2.50. The number of benzene rings is 1. The highest BCUT2D eigenvalue weighted by Gasteiger charge is 2.27. The third-order valence-electron chi connectivity index (χ3n) is 5.48. The molecule has 1 fully saturated rings. The van der Waals surface area contributed by atoms with Crippen LogP contribution in [0.2, 0.25) is 0 Å². The lowest BCUT2D eigenvalue weighted by Crippen LogP contribution is -2.20. The molecule has 0 aliphatic carbocycles. The quantitative estimate of drug-likeness (QED) is 0.891. The van der Waals surface area contributed by atoms with Crippen molar-refractivity contribution in [1.29, 1.82) is 0 Å². The molecule has 2 aliphatic heterocycles. The van der Waals surface area contributed by atoms with E-state index < -0.39 is 0 Å². The van der Waals surface area contributed by atoms with Gasteiger partial charge in [0.05, 0.1) is 25.6 Å². The first-order valence-electron chi connectivity index (χ1n) is 9.47. The molecule has 6 heteroatoms. The fourth-order valence-electron chi connectivity index (χ4n) is 4.12. The fourth-order valence-corrected chi connectivity index (χ4v) is 4.12. The molecule has 1 atom stereocenters. The van der Waals surface area contributed by atoms with Gasteiger partial charge in [-0.2, -0.15) is 5.10 Å². The van der Waals surface area contributed by atoms with Gasteiger partial charge in [0.25, 0.3) is 0 Å². The molecule has 2 aromatic rings. The summed E-state index contributed by atoms with van der Waals surface area (Å²) in [6.45, 7) is 6.07. The summed E-state index contributed by atoms with van der Waals surface area (Å²) in [7, 11) is 3.45. The maximum absolute atomic E-state index is 5.58. The van der Waals surface area contributed by atoms with Crippen molar-refractivity contribution in [2.75, 3.05) is 33.9 Å². The van der Waals surface area contributed by atoms with Crippen molar-refractivity contribution < 1.29 is 9.47 Å². The van der Waals surface area contributed by atoms with E-state index in [0.29, 0.717) is 5.92 Å². The average Bonchev–Trinajstić information content (AvgIpc) is 3.22. The molecule has 140 valence electrons. The summed E-state index contributed by atoms with van der Waals surface area (Å²) in [5, 5.41) is 8.29. The van der Waals surface area contributed by atoms with E-state index in [1.165, 1.54) is 17.0 Å². The van der Waals surface area contributed by atoms with Gasteiger partial charge in [0.2, 0.25) is 0 Å². The van der Waals surface area contributed by atoms with Crippen LogP contribution < -0.4 is 14.8 Å². The van der Waals surface area contributed by atoms with Gasteiger partial charge >= 0.3 is 0 Å². The van der Waals surface area contributed by atoms with Crippen LogP contribution in [-0.4, -0.2) is 48.5 Å². The molecule has 26 heavy (non-hydrogen) atoms. The molecule has 1 aromatic heterocycles. The van der Waals surface area contributed by atoms with E-state index in [1.54, 1.807) is 14.2 Å². The summed E-state index contributed by atoms with van der Waals surface area (Å²) in [5.41, 5.74) is 3.74. The van der Waals surface area contributed by atoms with Gasteiger partial charge in [-0.1, -0.05) is 0 Å². The zero-order valence-electron chi connectivity index (χ0n) is 15.7. The Morgan fingerprint density at radius 2 is 2.12 bits per heavy atom. The first-order chi connectivity index (χ1) is 12.8. The van der Waals surface area contributed by atoms with Crippen LogP contribution >= 0.6 is 0 Å². The number of aromatic nitrogens is 2. The Bertz CT molecular complexity index is 735. The van der Waals surface area contributed by atoms with Crippen LogP contribution in [0.4, 0.5) is 0 Å². The standard InChI is InChI=1S/C20H28N4O2/c1-25-18-4-5-20(26-2)19(11-18)15-6-9-23(13-15)14-16-10-17-12-21-7-3-8-24(17)22-16/h4-5,10-11,15,21H,3,6-9,12-14H2,1-2H3/t15-/m1/s1. The van der Waals surface area contributed by atoms with Gasteiger partial charge in [0.1, 0.15) is 11.5 Å². The van der Waals surface area contributed by atoms with E-state index in [9.17, 15) is 0 Å². The molecular weight excluding hydrogens is 328 g/mol. The number of fused-ring (bicyclic) bond motifs is 1. The molecule has 1 N–H and O–H groups in total. The lowest BCUT2D eigenvalue weighted by molar-refractivity contribution is 0.319. The van der Waals surface area contributed by atoms with E-state index in [0.717, 1.165) is 63.6 Å². The number of nitrogens with zero attached hydrogens (tertiary/aromatic N) is 3. The van der Waals surface area contributed by atoms with Gasteiger partial charge < -0.3 is 14.8 Å². The summed E-state index contributed by atoms with van der Waals surface area (Å²) < 4.78 is 13.2. The van der Waals surface area contributed by atoms with Crippen molar-refractivity contribution in [2.45, 2.75) is 38.4 Å². The molecule has 6 nitrogen and oxygen atoms in total. The summed E-state index contributed by atoms with van der Waals surface area (Å²) in [6.07, 6.45) is 2.29. The zero-order chi connectivity index (χ0) is 17.9. The van der Waals surface area contributed by atoms with Crippen molar-refractivity contribution in [3.05, 3.63) is 41.2 Å². The Labute approximate surface area is 155 Å². The number of rotatable bonds is 5. The Morgan fingerprint density at radius 1 is 1.19 bits per heavy atom. The van der Waals surface area contributed by atoms with Crippen LogP contribution in [0.3, 0.4) is 0 Å². The monoisotopic (exact) mass is 356 g/mol. The Morgan fingerprint density at radius 3 is 2.96 bits per heavy atom. The summed E-state index contributed by atoms with van der Waals surface area (Å²) in [6, 6.07) is 8.35. The molecule has 1 saturated heterocycles. The van der Waals surface area contributed by atoms with Crippen LogP contribution in [0.1, 0.15) is 35.7 Å². The third kappa shape index (κ3) is 3.57. The van der Waals surface area contributed by atoms with E-state index >= 15 is 0 Å². The Kier molecular flexibility index (Phi) is 5.13. The third-order valence-corrected chi connectivity index (χ3v) is 5.48. The van der Waals surface area contributed by atoms with Gasteiger partial charge in [0.15, 0.2) is 0 Å². The Balaban J connectivity index is 1.44. The number of nitrogens with one attached hydrogen (secondary N) is 1. The molecule has 0 spiro atoms. The van der Waals surface area contributed by atoms with Crippen molar-refractivity contribution in [2.24, 2.45) is 0 Å². The predicted octanol–water partition coefficient (Wildman–Crippen LogP) is 2.38. The van der Waals surface area contributed by atoms with E-state index in [1.807, 2.05) is 12.1 Å². The van der Waals surface area contributed by atoms with Crippen molar-refractivity contribution in [1.82, 2.24) is 20.0 Å². The molecule has 2 aliphatic rings. The van der Waals surface area contributed by atoms with Crippen LogP contribution in [0.15, 0.2) is 24.3 Å². The lowest BCUT2D eigenvalue weighted by Gasteiger charge is -2.17. The second-order valence-electron chi connectivity index (χ2n) is 7.21.